The van der Waals surface area contributed by atoms with E-state index < -0.39 is 0 Å². The standard InChI is InChI=1S/C21H26N2O2/c24-19-12-7-14-23(16-19)15-13-20(25)22-21(17-8-3-1-4-9-17)18-10-5-2-6-11-18/h1-6,8-11,19,21,24H,7,12-16H2,(H,22,25). The molecule has 1 amide bonds. The van der Waals surface area contributed by atoms with Gasteiger partial charge < -0.3 is 15.3 Å². The number of piperidine rings is 1. The Morgan fingerprint density at radius 2 is 1.68 bits per heavy atom. The summed E-state index contributed by atoms with van der Waals surface area (Å²) in [6.07, 6.45) is 2.06. The van der Waals surface area contributed by atoms with Crippen molar-refractivity contribution in [1.29, 1.82) is 0 Å². The van der Waals surface area contributed by atoms with Gasteiger partial charge in [0.1, 0.15) is 0 Å². The number of likely N-dealkylation sites (tertiary alicyclic amines) is 1. The summed E-state index contributed by atoms with van der Waals surface area (Å²) in [5.74, 6) is 0.0396. The average Bonchev–Trinajstić information content (AvgIpc) is 2.66. The van der Waals surface area contributed by atoms with Crippen LogP contribution < -0.4 is 5.32 Å². The van der Waals surface area contributed by atoms with Gasteiger partial charge in [0.15, 0.2) is 0 Å². The average molecular weight is 338 g/mol. The van der Waals surface area contributed by atoms with E-state index in [-0.39, 0.29) is 18.1 Å². The normalized spacial score (nSPS) is 18.2. The molecule has 1 saturated heterocycles. The molecule has 0 bridgehead atoms. The summed E-state index contributed by atoms with van der Waals surface area (Å²) in [7, 11) is 0. The minimum atomic E-state index is -0.252. The Hall–Kier alpha value is -2.17. The minimum Gasteiger partial charge on any atom is -0.392 e. The quantitative estimate of drug-likeness (QED) is 0.851. The van der Waals surface area contributed by atoms with E-state index in [1.165, 1.54) is 0 Å². The lowest BCUT2D eigenvalue weighted by atomic mass is 9.98. The molecular weight excluding hydrogens is 312 g/mol. The van der Waals surface area contributed by atoms with Crippen molar-refractivity contribution in [3.8, 4) is 0 Å². The van der Waals surface area contributed by atoms with Crippen LogP contribution in [0.2, 0.25) is 0 Å². The van der Waals surface area contributed by atoms with E-state index in [9.17, 15) is 9.90 Å². The Morgan fingerprint density at radius 3 is 2.24 bits per heavy atom. The van der Waals surface area contributed by atoms with Crippen molar-refractivity contribution in [3.63, 3.8) is 0 Å². The van der Waals surface area contributed by atoms with Crippen LogP contribution in [0, 0.1) is 0 Å². The van der Waals surface area contributed by atoms with Gasteiger partial charge in [-0.05, 0) is 30.5 Å². The number of amides is 1. The second kappa shape index (κ2) is 8.79. The maximum atomic E-state index is 12.5. The van der Waals surface area contributed by atoms with E-state index in [0.29, 0.717) is 19.5 Å². The van der Waals surface area contributed by atoms with Crippen LogP contribution in [-0.4, -0.2) is 41.7 Å². The molecule has 2 aromatic rings. The van der Waals surface area contributed by atoms with E-state index in [2.05, 4.69) is 10.2 Å². The molecule has 0 spiro atoms. The molecule has 1 atom stereocenters. The third-order valence-electron chi connectivity index (χ3n) is 4.71. The van der Waals surface area contributed by atoms with E-state index in [1.807, 2.05) is 60.7 Å². The zero-order chi connectivity index (χ0) is 17.5. The SMILES string of the molecule is O=C(CCN1CCCC(O)C1)NC(c1ccccc1)c1ccccc1. The maximum Gasteiger partial charge on any atom is 0.222 e. The van der Waals surface area contributed by atoms with E-state index >= 15 is 0 Å². The van der Waals surface area contributed by atoms with E-state index in [4.69, 9.17) is 0 Å². The van der Waals surface area contributed by atoms with Crippen LogP contribution >= 0.6 is 0 Å². The number of β-amino-alcohol motifs (C(OH)–C–C–N with tert-alkyl or cyclic N) is 1. The molecule has 25 heavy (non-hydrogen) atoms. The van der Waals surface area contributed by atoms with Crippen molar-refractivity contribution < 1.29 is 9.90 Å². The number of nitrogens with one attached hydrogen (secondary N) is 1. The fourth-order valence-electron chi connectivity index (χ4n) is 3.38. The lowest BCUT2D eigenvalue weighted by Crippen LogP contribution is -2.40. The first-order chi connectivity index (χ1) is 12.2. The van der Waals surface area contributed by atoms with Gasteiger partial charge in [-0.15, -0.1) is 0 Å². The van der Waals surface area contributed by atoms with Gasteiger partial charge in [-0.2, -0.15) is 0 Å². The van der Waals surface area contributed by atoms with Crippen molar-refractivity contribution in [1.82, 2.24) is 10.2 Å². The molecule has 0 aliphatic carbocycles. The number of carbonyl (C=O) groups is 1. The summed E-state index contributed by atoms with van der Waals surface area (Å²) in [6, 6.07) is 20.0. The Balaban J connectivity index is 1.63. The molecule has 1 fully saturated rings. The van der Waals surface area contributed by atoms with Gasteiger partial charge in [-0.1, -0.05) is 60.7 Å². The van der Waals surface area contributed by atoms with E-state index in [1.54, 1.807) is 0 Å². The van der Waals surface area contributed by atoms with Crippen LogP contribution in [0.3, 0.4) is 0 Å². The van der Waals surface area contributed by atoms with Crippen LogP contribution in [0.4, 0.5) is 0 Å². The monoisotopic (exact) mass is 338 g/mol. The van der Waals surface area contributed by atoms with Gasteiger partial charge in [0.2, 0.25) is 5.91 Å². The summed E-state index contributed by atoms with van der Waals surface area (Å²) < 4.78 is 0. The molecule has 1 aliphatic heterocycles. The smallest absolute Gasteiger partial charge is 0.222 e. The topological polar surface area (TPSA) is 52.6 Å². The van der Waals surface area contributed by atoms with Crippen LogP contribution in [0.15, 0.2) is 60.7 Å². The summed E-state index contributed by atoms with van der Waals surface area (Å²) in [4.78, 5) is 14.7. The first-order valence-corrected chi connectivity index (χ1v) is 9.02. The molecule has 4 nitrogen and oxygen atoms in total. The fourth-order valence-corrected chi connectivity index (χ4v) is 3.38. The number of benzene rings is 2. The van der Waals surface area contributed by atoms with Gasteiger partial charge in [0.25, 0.3) is 0 Å². The molecule has 0 saturated carbocycles. The molecule has 1 unspecified atom stereocenters. The molecule has 4 heteroatoms. The largest absolute Gasteiger partial charge is 0.392 e. The second-order valence-corrected chi connectivity index (χ2v) is 6.67. The molecular formula is C21H26N2O2. The lowest BCUT2D eigenvalue weighted by molar-refractivity contribution is -0.122. The highest BCUT2D eigenvalue weighted by molar-refractivity contribution is 5.77. The van der Waals surface area contributed by atoms with Gasteiger partial charge in [-0.3, -0.25) is 4.79 Å². The highest BCUT2D eigenvalue weighted by Gasteiger charge is 2.20. The van der Waals surface area contributed by atoms with Gasteiger partial charge in [-0.25, -0.2) is 0 Å². The van der Waals surface area contributed by atoms with Crippen LogP contribution in [0.1, 0.15) is 36.4 Å². The first-order valence-electron chi connectivity index (χ1n) is 9.02. The number of hydrogen-bond donors (Lipinski definition) is 2. The van der Waals surface area contributed by atoms with Crippen LogP contribution in [0.25, 0.3) is 0 Å². The number of aliphatic hydroxyl groups excluding tert-OH is 1. The van der Waals surface area contributed by atoms with Gasteiger partial charge in [0, 0.05) is 19.5 Å². The maximum absolute atomic E-state index is 12.5. The van der Waals surface area contributed by atoms with Gasteiger partial charge in [0.05, 0.1) is 12.1 Å². The highest BCUT2D eigenvalue weighted by atomic mass is 16.3. The zero-order valence-corrected chi connectivity index (χ0v) is 14.5. The molecule has 1 aliphatic rings. The molecule has 1 heterocycles. The second-order valence-electron chi connectivity index (χ2n) is 6.67. The third-order valence-corrected chi connectivity index (χ3v) is 4.71. The number of nitrogens with zero attached hydrogens (tertiary/aromatic N) is 1. The fraction of sp³-hybridized carbons (Fsp3) is 0.381. The lowest BCUT2D eigenvalue weighted by Gasteiger charge is -2.30. The zero-order valence-electron chi connectivity index (χ0n) is 14.5. The van der Waals surface area contributed by atoms with Crippen LogP contribution in [-0.2, 0) is 4.79 Å². The Labute approximate surface area is 149 Å². The van der Waals surface area contributed by atoms with Crippen molar-refractivity contribution in [3.05, 3.63) is 71.8 Å². The number of carbonyl (C=O) groups excluding carboxylic acids is 1. The molecule has 0 radical (unpaired) electrons. The Morgan fingerprint density at radius 1 is 1.08 bits per heavy atom. The minimum absolute atomic E-state index is 0.0396. The number of hydrogen-bond acceptors (Lipinski definition) is 3. The highest BCUT2D eigenvalue weighted by Crippen LogP contribution is 2.22. The molecule has 0 aromatic heterocycles. The predicted molar refractivity (Wildman–Crippen MR) is 99.2 cm³/mol. The first kappa shape index (κ1) is 17.6. The summed E-state index contributed by atoms with van der Waals surface area (Å²) >= 11 is 0. The molecule has 3 rings (SSSR count). The summed E-state index contributed by atoms with van der Waals surface area (Å²) in [5.41, 5.74) is 2.16. The van der Waals surface area contributed by atoms with Crippen molar-refractivity contribution in [2.45, 2.75) is 31.4 Å². The van der Waals surface area contributed by atoms with Crippen LogP contribution in [0.5, 0.6) is 0 Å². The Bertz CT molecular complexity index is 621. The summed E-state index contributed by atoms with van der Waals surface area (Å²) in [5, 5.41) is 12.9. The van der Waals surface area contributed by atoms with E-state index in [0.717, 1.165) is 30.5 Å². The third kappa shape index (κ3) is 5.15. The van der Waals surface area contributed by atoms with Gasteiger partial charge >= 0.3 is 0 Å². The number of rotatable bonds is 6. The van der Waals surface area contributed by atoms with Crippen molar-refractivity contribution in [2.75, 3.05) is 19.6 Å². The molecule has 2 N–H and O–H groups in total. The summed E-state index contributed by atoms with van der Waals surface area (Å²) in [6.45, 7) is 2.33. The predicted octanol–water partition coefficient (Wildman–Crippen LogP) is 2.74. The van der Waals surface area contributed by atoms with Crippen molar-refractivity contribution >= 4 is 5.91 Å². The molecule has 2 aromatic carbocycles. The number of aliphatic hydroxyl groups is 1. The Kier molecular flexibility index (Phi) is 6.20. The molecule has 132 valence electrons. The van der Waals surface area contributed by atoms with Crippen molar-refractivity contribution in [2.24, 2.45) is 0 Å².